The normalized spacial score (nSPS) is 12.4. The molecule has 19 heavy (non-hydrogen) atoms. The molecule has 7 heteroatoms. The van der Waals surface area contributed by atoms with Crippen molar-refractivity contribution in [1.82, 2.24) is 5.32 Å². The van der Waals surface area contributed by atoms with Crippen LogP contribution in [0.15, 0.2) is 24.3 Å². The zero-order chi connectivity index (χ0) is 14.4. The van der Waals surface area contributed by atoms with Gasteiger partial charge in [0.1, 0.15) is 11.9 Å². The molecule has 0 radical (unpaired) electrons. The van der Waals surface area contributed by atoms with Crippen LogP contribution in [-0.4, -0.2) is 29.6 Å². The SMILES string of the molecule is NC(CNC(=O)/C=C/c1cccc(Cl)c1F)C(=O)O. The summed E-state index contributed by atoms with van der Waals surface area (Å²) in [6.07, 6.45) is 2.31. The van der Waals surface area contributed by atoms with Crippen LogP contribution in [0.3, 0.4) is 0 Å². The van der Waals surface area contributed by atoms with Gasteiger partial charge in [0, 0.05) is 18.2 Å². The van der Waals surface area contributed by atoms with Crippen LogP contribution >= 0.6 is 11.6 Å². The van der Waals surface area contributed by atoms with Gasteiger partial charge in [-0.2, -0.15) is 0 Å². The molecule has 102 valence electrons. The van der Waals surface area contributed by atoms with Crippen LogP contribution in [0.25, 0.3) is 6.08 Å². The average Bonchev–Trinajstić information content (AvgIpc) is 2.37. The molecule has 0 aliphatic heterocycles. The monoisotopic (exact) mass is 286 g/mol. The van der Waals surface area contributed by atoms with Crippen LogP contribution < -0.4 is 11.1 Å². The molecular formula is C12H12ClFN2O3. The Morgan fingerprint density at radius 3 is 2.84 bits per heavy atom. The van der Waals surface area contributed by atoms with Crippen molar-refractivity contribution in [3.05, 3.63) is 40.7 Å². The van der Waals surface area contributed by atoms with E-state index in [0.29, 0.717) is 0 Å². The van der Waals surface area contributed by atoms with E-state index in [-0.39, 0.29) is 17.1 Å². The van der Waals surface area contributed by atoms with E-state index in [1.165, 1.54) is 18.2 Å². The van der Waals surface area contributed by atoms with Gasteiger partial charge in [-0.1, -0.05) is 23.7 Å². The number of rotatable bonds is 5. The fourth-order valence-electron chi connectivity index (χ4n) is 1.17. The van der Waals surface area contributed by atoms with E-state index in [0.717, 1.165) is 6.08 Å². The van der Waals surface area contributed by atoms with Crippen molar-refractivity contribution in [2.24, 2.45) is 5.73 Å². The highest BCUT2D eigenvalue weighted by Crippen LogP contribution is 2.18. The first-order chi connectivity index (χ1) is 8.91. The van der Waals surface area contributed by atoms with Gasteiger partial charge < -0.3 is 16.2 Å². The third-order valence-corrected chi connectivity index (χ3v) is 2.50. The van der Waals surface area contributed by atoms with E-state index in [1.807, 2.05) is 0 Å². The maximum atomic E-state index is 13.5. The Hall–Kier alpha value is -1.92. The number of aliphatic carboxylic acids is 1. The summed E-state index contributed by atoms with van der Waals surface area (Å²) >= 11 is 5.58. The van der Waals surface area contributed by atoms with E-state index in [4.69, 9.17) is 22.4 Å². The maximum Gasteiger partial charge on any atom is 0.322 e. The molecule has 5 nitrogen and oxygen atoms in total. The Kier molecular flexibility index (Phi) is 5.47. The lowest BCUT2D eigenvalue weighted by Crippen LogP contribution is -2.41. The molecule has 0 saturated carbocycles. The van der Waals surface area contributed by atoms with E-state index in [1.54, 1.807) is 6.07 Å². The summed E-state index contributed by atoms with van der Waals surface area (Å²) in [6.45, 7) is -0.212. The highest BCUT2D eigenvalue weighted by molar-refractivity contribution is 6.30. The molecule has 0 saturated heterocycles. The number of benzene rings is 1. The van der Waals surface area contributed by atoms with Crippen molar-refractivity contribution in [1.29, 1.82) is 0 Å². The van der Waals surface area contributed by atoms with Crippen LogP contribution in [-0.2, 0) is 9.59 Å². The molecule has 0 aliphatic carbocycles. The second kappa shape index (κ2) is 6.86. The molecule has 1 aromatic carbocycles. The summed E-state index contributed by atoms with van der Waals surface area (Å²) in [4.78, 5) is 21.8. The molecule has 0 spiro atoms. The minimum absolute atomic E-state index is 0.0459. The first-order valence-electron chi connectivity index (χ1n) is 5.30. The van der Waals surface area contributed by atoms with Gasteiger partial charge >= 0.3 is 5.97 Å². The van der Waals surface area contributed by atoms with Crippen molar-refractivity contribution in [3.8, 4) is 0 Å². The third kappa shape index (κ3) is 4.69. The van der Waals surface area contributed by atoms with Crippen LogP contribution in [0.2, 0.25) is 5.02 Å². The first kappa shape index (κ1) is 15.1. The number of carboxylic acid groups (broad SMARTS) is 1. The number of nitrogens with one attached hydrogen (secondary N) is 1. The Bertz CT molecular complexity index is 520. The number of hydrogen-bond acceptors (Lipinski definition) is 3. The molecule has 1 amide bonds. The Morgan fingerprint density at radius 2 is 2.21 bits per heavy atom. The standard InChI is InChI=1S/C12H12ClFN2O3/c13-8-3-1-2-7(11(8)14)4-5-10(17)16-6-9(15)12(18)19/h1-5,9H,6,15H2,(H,16,17)(H,18,19)/b5-4+. The number of hydrogen-bond donors (Lipinski definition) is 3. The summed E-state index contributed by atoms with van der Waals surface area (Å²) in [7, 11) is 0. The van der Waals surface area contributed by atoms with Gasteiger partial charge in [0.25, 0.3) is 0 Å². The Balaban J connectivity index is 2.59. The smallest absolute Gasteiger partial charge is 0.322 e. The summed E-state index contributed by atoms with van der Waals surface area (Å²) in [5.41, 5.74) is 5.36. The Labute approximate surface area is 113 Å². The second-order valence-corrected chi connectivity index (χ2v) is 4.07. The van der Waals surface area contributed by atoms with Crippen molar-refractivity contribution in [2.75, 3.05) is 6.54 Å². The molecule has 1 atom stereocenters. The zero-order valence-corrected chi connectivity index (χ0v) is 10.5. The Morgan fingerprint density at radius 1 is 1.53 bits per heavy atom. The number of carbonyl (C=O) groups excluding carboxylic acids is 1. The van der Waals surface area contributed by atoms with Crippen molar-refractivity contribution in [2.45, 2.75) is 6.04 Å². The van der Waals surface area contributed by atoms with Crippen LogP contribution in [0.4, 0.5) is 4.39 Å². The topological polar surface area (TPSA) is 92.4 Å². The van der Waals surface area contributed by atoms with E-state index >= 15 is 0 Å². The third-order valence-electron chi connectivity index (χ3n) is 2.21. The predicted molar refractivity (Wildman–Crippen MR) is 69.1 cm³/mol. The second-order valence-electron chi connectivity index (χ2n) is 3.67. The van der Waals surface area contributed by atoms with Gasteiger partial charge in [-0.15, -0.1) is 0 Å². The molecule has 0 heterocycles. The first-order valence-corrected chi connectivity index (χ1v) is 5.68. The van der Waals surface area contributed by atoms with Gasteiger partial charge in [-0.3, -0.25) is 9.59 Å². The molecule has 0 aromatic heterocycles. The summed E-state index contributed by atoms with van der Waals surface area (Å²) < 4.78 is 13.5. The van der Waals surface area contributed by atoms with Gasteiger partial charge in [-0.25, -0.2) is 4.39 Å². The number of carboxylic acids is 1. The lowest BCUT2D eigenvalue weighted by molar-refractivity contribution is -0.138. The lowest BCUT2D eigenvalue weighted by atomic mass is 10.2. The van der Waals surface area contributed by atoms with Gasteiger partial charge in [-0.05, 0) is 12.1 Å². The molecule has 1 rings (SSSR count). The quantitative estimate of drug-likeness (QED) is 0.705. The van der Waals surface area contributed by atoms with Gasteiger partial charge in [0.2, 0.25) is 5.91 Å². The van der Waals surface area contributed by atoms with Crippen molar-refractivity contribution < 1.29 is 19.1 Å². The lowest BCUT2D eigenvalue weighted by Gasteiger charge is -2.06. The maximum absolute atomic E-state index is 13.5. The zero-order valence-electron chi connectivity index (χ0n) is 9.77. The molecular weight excluding hydrogens is 275 g/mol. The molecule has 1 aromatic rings. The summed E-state index contributed by atoms with van der Waals surface area (Å²) in [5.74, 6) is -2.42. The molecule has 0 fully saturated rings. The van der Waals surface area contributed by atoms with Gasteiger partial charge in [0.05, 0.1) is 5.02 Å². The fourth-order valence-corrected chi connectivity index (χ4v) is 1.35. The minimum Gasteiger partial charge on any atom is -0.480 e. The molecule has 0 aliphatic rings. The number of carbonyl (C=O) groups is 2. The predicted octanol–water partition coefficient (Wildman–Crippen LogP) is 1.02. The van der Waals surface area contributed by atoms with Gasteiger partial charge in [0.15, 0.2) is 0 Å². The largest absolute Gasteiger partial charge is 0.480 e. The van der Waals surface area contributed by atoms with Crippen molar-refractivity contribution >= 4 is 29.6 Å². The number of amides is 1. The number of nitrogens with two attached hydrogens (primary N) is 1. The molecule has 0 bridgehead atoms. The summed E-state index contributed by atoms with van der Waals surface area (Å²) in [5, 5.41) is 10.7. The van der Waals surface area contributed by atoms with Crippen LogP contribution in [0, 0.1) is 5.82 Å². The van der Waals surface area contributed by atoms with E-state index in [9.17, 15) is 14.0 Å². The average molecular weight is 287 g/mol. The molecule has 1 unspecified atom stereocenters. The van der Waals surface area contributed by atoms with Crippen LogP contribution in [0.1, 0.15) is 5.56 Å². The van der Waals surface area contributed by atoms with Crippen molar-refractivity contribution in [3.63, 3.8) is 0 Å². The fraction of sp³-hybridized carbons (Fsp3) is 0.167. The highest BCUT2D eigenvalue weighted by atomic mass is 35.5. The molecule has 4 N–H and O–H groups in total. The van der Waals surface area contributed by atoms with Crippen LogP contribution in [0.5, 0.6) is 0 Å². The van der Waals surface area contributed by atoms with E-state index in [2.05, 4.69) is 5.32 Å². The summed E-state index contributed by atoms with van der Waals surface area (Å²) in [6, 6.07) is 3.21. The minimum atomic E-state index is -1.22. The highest BCUT2D eigenvalue weighted by Gasteiger charge is 2.11. The number of halogens is 2. The van der Waals surface area contributed by atoms with E-state index < -0.39 is 23.7 Å².